The quantitative estimate of drug-likeness (QED) is 0.0306. The summed E-state index contributed by atoms with van der Waals surface area (Å²) in [6.07, 6.45) is 21.9. The van der Waals surface area contributed by atoms with Crippen LogP contribution in [0.1, 0.15) is 182 Å². The molecular weight excluding hydrogens is 1700 g/mol. The van der Waals surface area contributed by atoms with Gasteiger partial charge in [-0.25, -0.2) is 19.9 Å². The summed E-state index contributed by atoms with van der Waals surface area (Å²) in [6, 6.07) is 28.2. The maximum absolute atomic E-state index is 13.3. The number of aromatic hydroxyl groups is 1. The summed E-state index contributed by atoms with van der Waals surface area (Å²) in [5.74, 6) is 2.21. The van der Waals surface area contributed by atoms with E-state index in [0.29, 0.717) is 97.4 Å². The number of ketones is 4. The molecule has 4 N–H and O–H groups in total. The largest absolute Gasteiger partial charge is 1.00 e. The number of benzene rings is 4. The van der Waals surface area contributed by atoms with Crippen molar-refractivity contribution in [3.63, 3.8) is 0 Å². The van der Waals surface area contributed by atoms with Gasteiger partial charge >= 0.3 is 167 Å². The van der Waals surface area contributed by atoms with E-state index in [1.807, 2.05) is 48.5 Å². The zero-order valence-corrected chi connectivity index (χ0v) is 75.3. The molecule has 4 atom stereocenters. The predicted octanol–water partition coefficient (Wildman–Crippen LogP) is 3.28. The fourth-order valence-electron chi connectivity index (χ4n) is 10.6. The number of para-hydroxylation sites is 4. The first-order valence-corrected chi connectivity index (χ1v) is 34.5. The van der Waals surface area contributed by atoms with Gasteiger partial charge in [0.05, 0.1) is 53.7 Å². The molecule has 0 spiro atoms. The Hall–Kier alpha value is -2.76. The molecule has 104 heavy (non-hydrogen) atoms. The predicted molar refractivity (Wildman–Crippen MR) is 389 cm³/mol. The number of hydrogen-bond acceptors (Lipinski definition) is 22. The Bertz CT molecular complexity index is 3550. The number of H-pyrrole nitrogens is 2. The summed E-state index contributed by atoms with van der Waals surface area (Å²) >= 11 is 2.50. The van der Waals surface area contributed by atoms with Crippen LogP contribution in [-0.4, -0.2) is 177 Å². The van der Waals surface area contributed by atoms with Gasteiger partial charge in [0.2, 0.25) is 23.4 Å². The van der Waals surface area contributed by atoms with Crippen molar-refractivity contribution >= 4 is 82.7 Å². The van der Waals surface area contributed by atoms with E-state index in [-0.39, 0.29) is 235 Å². The number of aliphatic hydroxyl groups excluding tert-OH is 1. The van der Waals surface area contributed by atoms with Gasteiger partial charge in [0.1, 0.15) is 28.8 Å². The van der Waals surface area contributed by atoms with Crippen molar-refractivity contribution in [3.8, 4) is 17.4 Å². The van der Waals surface area contributed by atoms with Gasteiger partial charge in [-0.1, -0.05) is 61.7 Å². The monoisotopic (exact) mass is 1800 g/mol. The number of nitrogens with zero attached hydrogens (tertiary/aromatic N) is 6. The van der Waals surface area contributed by atoms with Gasteiger partial charge in [-0.2, -0.15) is 4.39 Å². The zero-order chi connectivity index (χ0) is 69.4. The summed E-state index contributed by atoms with van der Waals surface area (Å²) in [5.41, 5.74) is 5.58. The number of phenols is 1. The Morgan fingerprint density at radius 3 is 1.46 bits per heavy atom. The van der Waals surface area contributed by atoms with E-state index in [0.717, 1.165) is 155 Å². The molecule has 24 nitrogen and oxygen atoms in total. The summed E-state index contributed by atoms with van der Waals surface area (Å²) in [6.45, 7) is 9.01. The average molecular weight is 1800 g/mol. The summed E-state index contributed by atoms with van der Waals surface area (Å²) < 4.78 is 51.4. The molecule has 0 amide bonds. The summed E-state index contributed by atoms with van der Waals surface area (Å²) in [5, 5.41) is 26.6. The molecule has 3 radical (unpaired) electrons. The normalized spacial score (nSPS) is 18.3. The number of carbonyl (C=O) groups excluding carboxylic acids is 5. The minimum absolute atomic E-state index is 0. The van der Waals surface area contributed by atoms with Crippen LogP contribution in [0, 0.1) is 5.95 Å². The van der Waals surface area contributed by atoms with Crippen LogP contribution in [0.3, 0.4) is 0 Å². The van der Waals surface area contributed by atoms with Gasteiger partial charge in [0.15, 0.2) is 11.6 Å². The Kier molecular flexibility index (Phi) is 56.4. The number of aliphatic hydroxyl groups is 1. The topological polar surface area (TPSA) is 332 Å². The van der Waals surface area contributed by atoms with Crippen molar-refractivity contribution in [3.05, 3.63) is 162 Å². The van der Waals surface area contributed by atoms with Crippen LogP contribution >= 0.6 is 22.6 Å². The van der Waals surface area contributed by atoms with Crippen molar-refractivity contribution in [2.45, 2.75) is 146 Å². The molecule has 0 saturated carbocycles. The summed E-state index contributed by atoms with van der Waals surface area (Å²) in [4.78, 5) is 88.5. The van der Waals surface area contributed by atoms with Gasteiger partial charge in [-0.3, -0.25) is 33.9 Å². The molecule has 4 aromatic heterocycles. The van der Waals surface area contributed by atoms with Crippen molar-refractivity contribution < 1.29 is 252 Å². The molecule has 6 fully saturated rings. The van der Waals surface area contributed by atoms with Gasteiger partial charge in [0.25, 0.3) is 6.47 Å². The van der Waals surface area contributed by atoms with Crippen LogP contribution in [0.4, 0.5) is 4.39 Å². The molecule has 6 aliphatic heterocycles. The number of rotatable bonds is 9. The van der Waals surface area contributed by atoms with E-state index >= 15 is 0 Å². The minimum atomic E-state index is -0.431. The number of aromatic nitrogens is 8. The van der Waals surface area contributed by atoms with E-state index in [1.165, 1.54) is 37.6 Å². The molecule has 6 saturated heterocycles. The van der Waals surface area contributed by atoms with E-state index in [4.69, 9.17) is 48.3 Å². The second-order valence-electron chi connectivity index (χ2n) is 23.2. The Morgan fingerprint density at radius 1 is 0.538 bits per heavy atom. The fourth-order valence-corrected chi connectivity index (χ4v) is 11.3. The molecule has 8 aromatic rings. The number of aromatic amines is 2. The van der Waals surface area contributed by atoms with Crippen LogP contribution in [0.25, 0.3) is 22.1 Å². The number of ether oxygens (including phenoxy) is 7. The molecule has 4 aromatic carbocycles. The number of phenolic OH excluding ortho intramolecular Hbond substituents is 1. The number of fused-ring (bicyclic) bond motifs is 2. The second-order valence-corrected chi connectivity index (χ2v) is 24.9. The molecule has 10 heterocycles. The third-order valence-corrected chi connectivity index (χ3v) is 17.1. The van der Waals surface area contributed by atoms with E-state index in [2.05, 4.69) is 67.4 Å². The summed E-state index contributed by atoms with van der Waals surface area (Å²) in [7, 11) is 0. The van der Waals surface area contributed by atoms with E-state index < -0.39 is 5.95 Å². The number of carbonyl (C=O) groups is 5. The third-order valence-electron chi connectivity index (χ3n) is 15.9. The smallest absolute Gasteiger partial charge is 1.00 e. The van der Waals surface area contributed by atoms with Crippen LogP contribution < -0.4 is 177 Å². The molecule has 14 rings (SSSR count). The number of hydrogen-bond donors (Lipinski definition) is 4. The maximum Gasteiger partial charge on any atom is 1.00 e. The van der Waals surface area contributed by atoms with Crippen LogP contribution in [0.15, 0.2) is 122 Å². The number of halogens is 2. The molecule has 0 bridgehead atoms. The first-order chi connectivity index (χ1) is 47.9. The SMILES string of the molecule is C.C.Fc1nccnc1C1CCCOCC1.IC1CCCOCC1.O=C(c1ccc(O)cc1)c1nc2ccccc2[nH]1.O=C(c1ccc(Oc2nccnc2C2CCCOCC2)cc1)c1nc2ccccc2[nH]1.O=C1CCCOCC1.O=C1CCOCC1.O=CO[O-].OC1CCCOCC1.[B].[Cs+].[Cs+].[H-].[H-].[Na+]. The number of alkyl halides is 1. The Morgan fingerprint density at radius 2 is 0.952 bits per heavy atom. The van der Waals surface area contributed by atoms with Crippen LogP contribution in [0.2, 0.25) is 0 Å². The number of nitrogens with one attached hydrogen (secondary N) is 2. The first-order valence-electron chi connectivity index (χ1n) is 33.3. The molecule has 30 heteroatoms. The first kappa shape index (κ1) is 99.2. The number of Topliss-reactive ketones (excluding diaryl/α,β-unsaturated/α-hetero) is 2. The van der Waals surface area contributed by atoms with Crippen LogP contribution in [0.5, 0.6) is 17.4 Å². The van der Waals surface area contributed by atoms with Gasteiger partial charge < -0.3 is 66.3 Å². The van der Waals surface area contributed by atoms with E-state index in [1.54, 1.807) is 55.0 Å². The van der Waals surface area contributed by atoms with Crippen molar-refractivity contribution in [2.75, 3.05) is 79.3 Å². The zero-order valence-electron chi connectivity index (χ0n) is 60.6. The third kappa shape index (κ3) is 37.8. The van der Waals surface area contributed by atoms with Crippen molar-refractivity contribution in [1.82, 2.24) is 39.9 Å². The molecule has 549 valence electrons. The Labute approximate surface area is 767 Å². The standard InChI is InChI=1S/C24H22N4O3.C14H10N2O2.C10H13FN2O.C6H11IO.C6H12O2.C6H10O2.C5H8O2.CH2O3.2CH4.B.2Cs.Na.2H/c29-22(23-27-19-5-1-2-6-20(19)28-23)17-7-9-18(10-8-17)31-24-21(25-12-13-26-24)16-4-3-14-30-15-11-16;17-10-7-5-9(6-8-10)13(18)14-15-11-3-1-2-4-12(11)16-14;11-10-9(12-4-5-13-10)8-2-1-6-14-7-3-8;3*7-6-2-1-4-8-5-3-6;6-5-1-3-7-4-2-5;2-1-4-3;;;;;;;;/h1-2,5-10,12-13,16H,3-4,11,14-15H2,(H,27,28);1-8,17H,(H,15,16);4-5,8H,1-3,6-7H2;6H,1-5H2;6-7H,1-5H2;1-5H2;1-4H2;1,3H;2*1H4;;;;;;/q;;;;;;;;;;;3*+1;2*-1/p-1. The molecule has 6 aliphatic rings. The Balaban J connectivity index is 0. The minimum Gasteiger partial charge on any atom is -1.00 e. The van der Waals surface area contributed by atoms with Crippen molar-refractivity contribution in [1.29, 1.82) is 0 Å². The number of imidazole rings is 2. The molecular formula is C74H97BCs2FIN8NaO16. The average Bonchev–Trinajstić information content (AvgIpc) is 1.72. The fraction of sp³-hybridized carbons (Fsp3) is 0.473. The van der Waals surface area contributed by atoms with E-state index in [9.17, 15) is 28.7 Å². The van der Waals surface area contributed by atoms with Gasteiger partial charge in [-0.15, -0.1) is 0 Å². The van der Waals surface area contributed by atoms with Gasteiger partial charge in [-0.05, 0) is 156 Å². The van der Waals surface area contributed by atoms with Crippen molar-refractivity contribution in [2.24, 2.45) is 0 Å². The molecule has 0 aliphatic carbocycles. The maximum atomic E-state index is 13.3. The molecule has 4 unspecified atom stereocenters. The van der Waals surface area contributed by atoms with Gasteiger partial charge in [0, 0.05) is 145 Å². The second kappa shape index (κ2) is 59.1. The van der Waals surface area contributed by atoms with Crippen LogP contribution in [-0.2, 0) is 47.7 Å².